The van der Waals surface area contributed by atoms with Crippen molar-refractivity contribution in [2.45, 2.75) is 17.9 Å². The molecule has 7 heteroatoms. The Morgan fingerprint density at radius 3 is 2.10 bits per heavy atom. The lowest BCUT2D eigenvalue weighted by Gasteiger charge is -2.39. The molecule has 4 nitrogen and oxygen atoms in total. The fourth-order valence-corrected chi connectivity index (χ4v) is 6.00. The highest BCUT2D eigenvalue weighted by molar-refractivity contribution is 7.89. The number of sulfonamides is 1. The molecule has 3 aromatic carbocycles. The minimum atomic E-state index is -3.63. The van der Waals surface area contributed by atoms with Gasteiger partial charge in [-0.2, -0.15) is 4.31 Å². The smallest absolute Gasteiger partial charge is 0.243 e. The molecule has 1 aliphatic rings. The largest absolute Gasteiger partial charge is 0.290 e. The number of benzene rings is 3. The zero-order valence-electron chi connectivity index (χ0n) is 17.2. The van der Waals surface area contributed by atoms with Crippen LogP contribution in [0.1, 0.15) is 22.7 Å². The maximum Gasteiger partial charge on any atom is 0.243 e. The van der Waals surface area contributed by atoms with E-state index >= 15 is 0 Å². The summed E-state index contributed by atoms with van der Waals surface area (Å²) in [4.78, 5) is 2.51. The fourth-order valence-electron chi connectivity index (χ4n) is 4.10. The van der Waals surface area contributed by atoms with Crippen molar-refractivity contribution in [3.63, 3.8) is 0 Å². The first-order valence-electron chi connectivity index (χ1n) is 10.2. The van der Waals surface area contributed by atoms with E-state index in [0.717, 1.165) is 11.1 Å². The fraction of sp³-hybridized carbons (Fsp3) is 0.250. The Morgan fingerprint density at radius 1 is 0.839 bits per heavy atom. The minimum Gasteiger partial charge on any atom is -0.290 e. The predicted octanol–water partition coefficient (Wildman–Crippen LogP) is 4.88. The third kappa shape index (κ3) is 4.53. The van der Waals surface area contributed by atoms with Gasteiger partial charge in [-0.25, -0.2) is 12.8 Å². The Morgan fingerprint density at radius 2 is 1.45 bits per heavy atom. The number of halogens is 2. The average molecular weight is 459 g/mol. The van der Waals surface area contributed by atoms with Crippen molar-refractivity contribution in [3.8, 4) is 0 Å². The van der Waals surface area contributed by atoms with Crippen LogP contribution in [-0.4, -0.2) is 43.8 Å². The molecule has 0 amide bonds. The summed E-state index contributed by atoms with van der Waals surface area (Å²) >= 11 is 6.15. The van der Waals surface area contributed by atoms with Crippen LogP contribution in [0.4, 0.5) is 4.39 Å². The normalized spacial score (nSPS) is 16.9. The molecule has 0 spiro atoms. The molecule has 0 unspecified atom stereocenters. The van der Waals surface area contributed by atoms with Crippen LogP contribution >= 0.6 is 11.6 Å². The molecule has 3 aromatic rings. The van der Waals surface area contributed by atoms with Gasteiger partial charge in [0.05, 0.1) is 10.9 Å². The van der Waals surface area contributed by atoms with Crippen molar-refractivity contribution in [1.29, 1.82) is 0 Å². The Hall–Kier alpha value is -2.25. The monoisotopic (exact) mass is 458 g/mol. The van der Waals surface area contributed by atoms with Crippen LogP contribution in [0, 0.1) is 12.7 Å². The first-order valence-corrected chi connectivity index (χ1v) is 12.0. The molecule has 0 bridgehead atoms. The third-order valence-corrected chi connectivity index (χ3v) is 8.23. The summed E-state index contributed by atoms with van der Waals surface area (Å²) in [5.74, 6) is -0.275. The van der Waals surface area contributed by atoms with E-state index in [0.29, 0.717) is 36.8 Å². The molecule has 0 radical (unpaired) electrons. The molecule has 1 fully saturated rings. The number of rotatable bonds is 5. The molecule has 0 saturated carbocycles. The van der Waals surface area contributed by atoms with Crippen LogP contribution < -0.4 is 0 Å². The topological polar surface area (TPSA) is 40.6 Å². The quantitative estimate of drug-likeness (QED) is 0.547. The van der Waals surface area contributed by atoms with E-state index in [2.05, 4.69) is 4.90 Å². The molecule has 31 heavy (non-hydrogen) atoms. The Kier molecular flexibility index (Phi) is 6.44. The van der Waals surface area contributed by atoms with Gasteiger partial charge in [0.1, 0.15) is 5.82 Å². The molecule has 4 rings (SSSR count). The summed E-state index contributed by atoms with van der Waals surface area (Å²) < 4.78 is 41.5. The summed E-state index contributed by atoms with van der Waals surface area (Å²) in [5.41, 5.74) is 2.64. The Balaban J connectivity index is 1.58. The van der Waals surface area contributed by atoms with Crippen LogP contribution in [-0.2, 0) is 10.0 Å². The standard InChI is InChI=1S/C24H24ClFN2O2S/c1-18-22(25)8-5-9-23(18)31(29,30)28-16-14-27(15-17-28)24(19-6-3-2-4-7-19)20-10-12-21(26)13-11-20/h2-13,24H,14-17H2,1H3/t24-/m1/s1. The average Bonchev–Trinajstić information content (AvgIpc) is 2.78. The Labute approximate surface area is 187 Å². The van der Waals surface area contributed by atoms with Crippen molar-refractivity contribution in [2.75, 3.05) is 26.2 Å². The van der Waals surface area contributed by atoms with E-state index in [-0.39, 0.29) is 16.8 Å². The van der Waals surface area contributed by atoms with Crippen molar-refractivity contribution < 1.29 is 12.8 Å². The maximum absolute atomic E-state index is 13.5. The number of hydrogen-bond donors (Lipinski definition) is 0. The van der Waals surface area contributed by atoms with Crippen molar-refractivity contribution >= 4 is 21.6 Å². The number of piperazine rings is 1. The lowest BCUT2D eigenvalue weighted by Crippen LogP contribution is -2.49. The van der Waals surface area contributed by atoms with E-state index < -0.39 is 10.0 Å². The SMILES string of the molecule is Cc1c(Cl)cccc1S(=O)(=O)N1CCN([C@H](c2ccccc2)c2ccc(F)cc2)CC1. The molecule has 0 N–H and O–H groups in total. The minimum absolute atomic E-state index is 0.0699. The van der Waals surface area contributed by atoms with Crippen molar-refractivity contribution in [3.05, 3.63) is 100 Å². The van der Waals surface area contributed by atoms with Crippen LogP contribution in [0.15, 0.2) is 77.7 Å². The zero-order chi connectivity index (χ0) is 22.0. The second-order valence-electron chi connectivity index (χ2n) is 7.67. The van der Waals surface area contributed by atoms with Gasteiger partial charge in [-0.3, -0.25) is 4.90 Å². The first kappa shape index (κ1) is 22.0. The molecular weight excluding hydrogens is 435 g/mol. The van der Waals surface area contributed by atoms with E-state index in [4.69, 9.17) is 11.6 Å². The van der Waals surface area contributed by atoms with Crippen LogP contribution in [0.2, 0.25) is 5.02 Å². The molecule has 1 saturated heterocycles. The van der Waals surface area contributed by atoms with Crippen LogP contribution in [0.5, 0.6) is 0 Å². The summed E-state index contributed by atoms with van der Waals surface area (Å²) in [7, 11) is -3.63. The van der Waals surface area contributed by atoms with E-state index in [9.17, 15) is 12.8 Å². The summed E-state index contributed by atoms with van der Waals surface area (Å²) in [6, 6.07) is 21.4. The van der Waals surface area contributed by atoms with Gasteiger partial charge in [0.2, 0.25) is 10.0 Å². The lowest BCUT2D eigenvalue weighted by molar-refractivity contribution is 0.155. The van der Waals surface area contributed by atoms with Gasteiger partial charge in [-0.15, -0.1) is 0 Å². The number of nitrogens with zero attached hydrogens (tertiary/aromatic N) is 2. The van der Waals surface area contributed by atoms with Crippen LogP contribution in [0.3, 0.4) is 0 Å². The van der Waals surface area contributed by atoms with Gasteiger partial charge in [0.15, 0.2) is 0 Å². The van der Waals surface area contributed by atoms with Gasteiger partial charge in [-0.1, -0.05) is 60.1 Å². The molecule has 162 valence electrons. The summed E-state index contributed by atoms with van der Waals surface area (Å²) in [6.07, 6.45) is 0. The lowest BCUT2D eigenvalue weighted by atomic mass is 9.96. The molecular formula is C24H24ClFN2O2S. The van der Waals surface area contributed by atoms with E-state index in [1.165, 1.54) is 16.4 Å². The van der Waals surface area contributed by atoms with Gasteiger partial charge in [0, 0.05) is 31.2 Å². The second kappa shape index (κ2) is 9.09. The van der Waals surface area contributed by atoms with E-state index in [1.54, 1.807) is 37.3 Å². The second-order valence-corrected chi connectivity index (χ2v) is 9.98. The van der Waals surface area contributed by atoms with Gasteiger partial charge >= 0.3 is 0 Å². The molecule has 1 aliphatic heterocycles. The number of hydrogen-bond acceptors (Lipinski definition) is 3. The third-order valence-electron chi connectivity index (χ3n) is 5.78. The predicted molar refractivity (Wildman–Crippen MR) is 121 cm³/mol. The highest BCUT2D eigenvalue weighted by Crippen LogP contribution is 2.31. The molecule has 0 aliphatic carbocycles. The van der Waals surface area contributed by atoms with E-state index in [1.807, 2.05) is 30.3 Å². The summed E-state index contributed by atoms with van der Waals surface area (Å²) in [6.45, 7) is 3.61. The van der Waals surface area contributed by atoms with Crippen LogP contribution in [0.25, 0.3) is 0 Å². The van der Waals surface area contributed by atoms with Gasteiger partial charge in [-0.05, 0) is 47.9 Å². The van der Waals surface area contributed by atoms with Gasteiger partial charge < -0.3 is 0 Å². The maximum atomic E-state index is 13.5. The highest BCUT2D eigenvalue weighted by Gasteiger charge is 2.33. The van der Waals surface area contributed by atoms with Crippen molar-refractivity contribution in [1.82, 2.24) is 9.21 Å². The zero-order valence-corrected chi connectivity index (χ0v) is 18.8. The summed E-state index contributed by atoms with van der Waals surface area (Å²) in [5, 5.41) is 0.445. The van der Waals surface area contributed by atoms with Crippen molar-refractivity contribution in [2.24, 2.45) is 0 Å². The highest BCUT2D eigenvalue weighted by atomic mass is 35.5. The first-order chi connectivity index (χ1) is 14.9. The molecule has 1 heterocycles. The van der Waals surface area contributed by atoms with Gasteiger partial charge in [0.25, 0.3) is 0 Å². The Bertz CT molecular complexity index is 1150. The molecule has 1 atom stereocenters. The molecule has 0 aromatic heterocycles.